The SMILES string of the molecule is O=[N+]([O-])c1ccc(C=NCC(O)COc2ccccc2)cc1. The Labute approximate surface area is 127 Å². The second-order valence-electron chi connectivity index (χ2n) is 4.62. The van der Waals surface area contributed by atoms with Crippen LogP contribution in [0, 0.1) is 10.1 Å². The van der Waals surface area contributed by atoms with Gasteiger partial charge < -0.3 is 9.84 Å². The Hall–Kier alpha value is -2.73. The molecule has 0 bridgehead atoms. The van der Waals surface area contributed by atoms with Crippen molar-refractivity contribution in [1.82, 2.24) is 0 Å². The molecule has 1 N–H and O–H groups in total. The largest absolute Gasteiger partial charge is 0.491 e. The lowest BCUT2D eigenvalue weighted by atomic mass is 10.2. The van der Waals surface area contributed by atoms with Crippen LogP contribution in [0.25, 0.3) is 0 Å². The first-order chi connectivity index (χ1) is 10.6. The first kappa shape index (κ1) is 15.7. The summed E-state index contributed by atoms with van der Waals surface area (Å²) in [5.74, 6) is 0.695. The van der Waals surface area contributed by atoms with Gasteiger partial charge in [-0.15, -0.1) is 0 Å². The topological polar surface area (TPSA) is 85.0 Å². The lowest BCUT2D eigenvalue weighted by Crippen LogP contribution is -2.20. The van der Waals surface area contributed by atoms with Crippen molar-refractivity contribution >= 4 is 11.9 Å². The molecule has 6 heteroatoms. The van der Waals surface area contributed by atoms with E-state index >= 15 is 0 Å². The molecule has 0 saturated heterocycles. The Morgan fingerprint density at radius 1 is 1.18 bits per heavy atom. The van der Waals surface area contributed by atoms with Crippen LogP contribution in [-0.4, -0.2) is 35.5 Å². The maximum absolute atomic E-state index is 10.5. The first-order valence-electron chi connectivity index (χ1n) is 6.75. The van der Waals surface area contributed by atoms with Crippen LogP contribution in [0.4, 0.5) is 5.69 Å². The van der Waals surface area contributed by atoms with Gasteiger partial charge in [-0.2, -0.15) is 0 Å². The van der Waals surface area contributed by atoms with Crippen LogP contribution in [0.1, 0.15) is 5.56 Å². The molecule has 2 rings (SSSR count). The number of aliphatic hydroxyl groups is 1. The molecule has 2 aromatic carbocycles. The third kappa shape index (κ3) is 4.99. The molecule has 6 nitrogen and oxygen atoms in total. The molecule has 22 heavy (non-hydrogen) atoms. The smallest absolute Gasteiger partial charge is 0.269 e. The van der Waals surface area contributed by atoms with Gasteiger partial charge in [-0.05, 0) is 29.8 Å². The van der Waals surface area contributed by atoms with Crippen LogP contribution in [0.3, 0.4) is 0 Å². The summed E-state index contributed by atoms with van der Waals surface area (Å²) in [5.41, 5.74) is 0.773. The number of non-ortho nitro benzene ring substituents is 1. The second kappa shape index (κ2) is 7.90. The number of nitro benzene ring substituents is 1. The summed E-state index contributed by atoms with van der Waals surface area (Å²) in [5, 5.41) is 20.3. The summed E-state index contributed by atoms with van der Waals surface area (Å²) in [6.45, 7) is 0.353. The molecule has 0 saturated carbocycles. The van der Waals surface area contributed by atoms with Crippen molar-refractivity contribution in [1.29, 1.82) is 0 Å². The molecule has 2 aromatic rings. The standard InChI is InChI=1S/C16H16N2O4/c19-15(12-22-16-4-2-1-3-5-16)11-17-10-13-6-8-14(9-7-13)18(20)21/h1-10,15,19H,11-12H2. The summed E-state index contributed by atoms with van der Waals surface area (Å²) in [6.07, 6.45) is 0.852. The van der Waals surface area contributed by atoms with Gasteiger partial charge in [0, 0.05) is 18.3 Å². The van der Waals surface area contributed by atoms with E-state index in [0.717, 1.165) is 5.56 Å². The van der Waals surface area contributed by atoms with Crippen LogP contribution in [0.2, 0.25) is 0 Å². The second-order valence-corrected chi connectivity index (χ2v) is 4.62. The van der Waals surface area contributed by atoms with Crippen LogP contribution >= 0.6 is 0 Å². The minimum Gasteiger partial charge on any atom is -0.491 e. The van der Waals surface area contributed by atoms with Gasteiger partial charge in [0.25, 0.3) is 5.69 Å². The number of hydrogen-bond donors (Lipinski definition) is 1. The van der Waals surface area contributed by atoms with Crippen molar-refractivity contribution in [2.45, 2.75) is 6.10 Å². The number of nitro groups is 1. The summed E-state index contributed by atoms with van der Waals surface area (Å²) in [4.78, 5) is 14.2. The number of nitrogens with zero attached hydrogens (tertiary/aromatic N) is 2. The van der Waals surface area contributed by atoms with Gasteiger partial charge in [-0.25, -0.2) is 0 Å². The monoisotopic (exact) mass is 300 g/mol. The average molecular weight is 300 g/mol. The van der Waals surface area contributed by atoms with E-state index in [1.807, 2.05) is 30.3 Å². The van der Waals surface area contributed by atoms with Crippen LogP contribution < -0.4 is 4.74 Å². The molecule has 0 fully saturated rings. The summed E-state index contributed by atoms with van der Waals surface area (Å²) in [7, 11) is 0. The molecular formula is C16H16N2O4. The Bertz CT molecular complexity index is 626. The maximum atomic E-state index is 10.5. The van der Waals surface area contributed by atoms with E-state index in [1.54, 1.807) is 18.3 Å². The van der Waals surface area contributed by atoms with E-state index in [2.05, 4.69) is 4.99 Å². The van der Waals surface area contributed by atoms with Crippen molar-refractivity contribution in [2.75, 3.05) is 13.2 Å². The maximum Gasteiger partial charge on any atom is 0.269 e. The van der Waals surface area contributed by atoms with Gasteiger partial charge in [-0.3, -0.25) is 15.1 Å². The number of rotatable bonds is 7. The number of para-hydroxylation sites is 1. The van der Waals surface area contributed by atoms with Gasteiger partial charge in [0.15, 0.2) is 0 Å². The van der Waals surface area contributed by atoms with Gasteiger partial charge in [-0.1, -0.05) is 18.2 Å². The Morgan fingerprint density at radius 3 is 2.50 bits per heavy atom. The zero-order valence-corrected chi connectivity index (χ0v) is 11.8. The Kier molecular flexibility index (Phi) is 5.62. The van der Waals surface area contributed by atoms with Crippen LogP contribution in [0.5, 0.6) is 5.75 Å². The summed E-state index contributed by atoms with van der Waals surface area (Å²) in [6, 6.07) is 15.3. The predicted molar refractivity (Wildman–Crippen MR) is 83.5 cm³/mol. The van der Waals surface area contributed by atoms with Crippen LogP contribution in [-0.2, 0) is 0 Å². The normalized spacial score (nSPS) is 12.2. The molecule has 0 aliphatic carbocycles. The number of ether oxygens (including phenoxy) is 1. The van der Waals surface area contributed by atoms with Crippen molar-refractivity contribution in [3.63, 3.8) is 0 Å². The number of aliphatic imine (C=N–C) groups is 1. The van der Waals surface area contributed by atoms with E-state index < -0.39 is 11.0 Å². The van der Waals surface area contributed by atoms with Gasteiger partial charge in [0.2, 0.25) is 0 Å². The van der Waals surface area contributed by atoms with Crippen molar-refractivity contribution in [2.24, 2.45) is 4.99 Å². The number of benzene rings is 2. The zero-order valence-electron chi connectivity index (χ0n) is 11.8. The fourth-order valence-electron chi connectivity index (χ4n) is 1.72. The van der Waals surface area contributed by atoms with Gasteiger partial charge >= 0.3 is 0 Å². The van der Waals surface area contributed by atoms with Gasteiger partial charge in [0.05, 0.1) is 11.5 Å². The molecule has 114 valence electrons. The Balaban J connectivity index is 1.77. The number of aliphatic hydroxyl groups excluding tert-OH is 1. The highest BCUT2D eigenvalue weighted by Crippen LogP contribution is 2.11. The molecule has 0 aliphatic rings. The lowest BCUT2D eigenvalue weighted by molar-refractivity contribution is -0.384. The number of hydrogen-bond acceptors (Lipinski definition) is 5. The van der Waals surface area contributed by atoms with E-state index in [9.17, 15) is 15.2 Å². The van der Waals surface area contributed by atoms with Crippen molar-refractivity contribution in [3.8, 4) is 5.75 Å². The fourth-order valence-corrected chi connectivity index (χ4v) is 1.72. The van der Waals surface area contributed by atoms with Crippen LogP contribution in [0.15, 0.2) is 59.6 Å². The van der Waals surface area contributed by atoms with Gasteiger partial charge in [0.1, 0.15) is 18.5 Å². The van der Waals surface area contributed by atoms with E-state index in [-0.39, 0.29) is 18.8 Å². The fraction of sp³-hybridized carbons (Fsp3) is 0.188. The molecule has 0 amide bonds. The third-order valence-corrected chi connectivity index (χ3v) is 2.85. The highest BCUT2D eigenvalue weighted by atomic mass is 16.6. The molecular weight excluding hydrogens is 284 g/mol. The molecule has 1 atom stereocenters. The van der Waals surface area contributed by atoms with E-state index in [1.165, 1.54) is 12.1 Å². The molecule has 0 radical (unpaired) electrons. The molecule has 0 heterocycles. The molecule has 1 unspecified atom stereocenters. The molecule has 0 spiro atoms. The minimum absolute atomic E-state index is 0.0356. The van der Waals surface area contributed by atoms with E-state index in [4.69, 9.17) is 4.74 Å². The van der Waals surface area contributed by atoms with Crippen molar-refractivity contribution in [3.05, 3.63) is 70.3 Å². The lowest BCUT2D eigenvalue weighted by Gasteiger charge is -2.09. The average Bonchev–Trinajstić information content (AvgIpc) is 2.54. The highest BCUT2D eigenvalue weighted by Gasteiger charge is 2.04. The third-order valence-electron chi connectivity index (χ3n) is 2.85. The quantitative estimate of drug-likeness (QED) is 0.483. The predicted octanol–water partition coefficient (Wildman–Crippen LogP) is 2.45. The minimum atomic E-state index is -0.713. The molecule has 0 aromatic heterocycles. The highest BCUT2D eigenvalue weighted by molar-refractivity contribution is 5.79. The molecule has 0 aliphatic heterocycles. The summed E-state index contributed by atoms with van der Waals surface area (Å²) >= 11 is 0. The zero-order chi connectivity index (χ0) is 15.8. The first-order valence-corrected chi connectivity index (χ1v) is 6.75. The summed E-state index contributed by atoms with van der Waals surface area (Å²) < 4.78 is 5.41. The van der Waals surface area contributed by atoms with E-state index in [0.29, 0.717) is 5.75 Å². The Morgan fingerprint density at radius 2 is 1.86 bits per heavy atom. The van der Waals surface area contributed by atoms with Crippen molar-refractivity contribution < 1.29 is 14.8 Å².